The molecule has 4 nitrogen and oxygen atoms in total. The number of aryl methyl sites for hydroxylation is 2. The lowest BCUT2D eigenvalue weighted by atomic mass is 10.1. The molecule has 140 valence electrons. The molecule has 0 amide bonds. The lowest BCUT2D eigenvalue weighted by Gasteiger charge is -2.35. The van der Waals surface area contributed by atoms with Crippen LogP contribution in [-0.4, -0.2) is 50.5 Å². The number of ether oxygens (including phenoxy) is 1. The molecule has 0 saturated carbocycles. The second-order valence-corrected chi connectivity index (χ2v) is 7.59. The molecule has 3 rings (SSSR count). The van der Waals surface area contributed by atoms with E-state index in [1.807, 2.05) is 43.3 Å². The molecule has 2 N–H and O–H groups in total. The van der Waals surface area contributed by atoms with Gasteiger partial charge in [-0.1, -0.05) is 35.4 Å². The van der Waals surface area contributed by atoms with Gasteiger partial charge in [0.15, 0.2) is 0 Å². The van der Waals surface area contributed by atoms with Crippen LogP contribution in [-0.2, 0) is 0 Å². The summed E-state index contributed by atoms with van der Waals surface area (Å²) in [7, 11) is 0. The van der Waals surface area contributed by atoms with Gasteiger partial charge in [0.25, 0.3) is 0 Å². The molecule has 0 aliphatic carbocycles. The van der Waals surface area contributed by atoms with Gasteiger partial charge in [0.05, 0.1) is 26.2 Å². The van der Waals surface area contributed by atoms with Crippen LogP contribution in [0.15, 0.2) is 42.5 Å². The number of hydrogen-bond donors (Lipinski definition) is 2. The van der Waals surface area contributed by atoms with Crippen molar-refractivity contribution in [3.8, 4) is 5.75 Å². The highest BCUT2D eigenvalue weighted by atomic mass is 35.5. The predicted molar refractivity (Wildman–Crippen MR) is 107 cm³/mol. The van der Waals surface area contributed by atoms with Gasteiger partial charge >= 0.3 is 0 Å². The normalized spacial score (nSPS) is 16.5. The van der Waals surface area contributed by atoms with Crippen molar-refractivity contribution in [2.45, 2.75) is 20.0 Å². The Morgan fingerprint density at radius 1 is 1.12 bits per heavy atom. The van der Waals surface area contributed by atoms with E-state index in [1.54, 1.807) is 0 Å². The third kappa shape index (κ3) is 5.13. The Morgan fingerprint density at radius 3 is 2.50 bits per heavy atom. The minimum Gasteiger partial charge on any atom is -0.491 e. The molecule has 1 aliphatic heterocycles. The number of piperazine rings is 1. The lowest BCUT2D eigenvalue weighted by molar-refractivity contribution is -0.903. The van der Waals surface area contributed by atoms with Crippen LogP contribution < -0.4 is 14.5 Å². The summed E-state index contributed by atoms with van der Waals surface area (Å²) in [4.78, 5) is 3.81. The molecule has 0 unspecified atom stereocenters. The number of aliphatic hydroxyl groups excluding tert-OH is 1. The van der Waals surface area contributed by atoms with E-state index < -0.39 is 6.10 Å². The first-order valence-corrected chi connectivity index (χ1v) is 9.61. The Labute approximate surface area is 160 Å². The minimum atomic E-state index is -0.453. The van der Waals surface area contributed by atoms with Crippen LogP contribution >= 0.6 is 11.6 Å². The maximum atomic E-state index is 10.3. The average Bonchev–Trinajstić information content (AvgIpc) is 2.64. The molecule has 2 aromatic carbocycles. The topological polar surface area (TPSA) is 37.1 Å². The summed E-state index contributed by atoms with van der Waals surface area (Å²) in [5.74, 6) is 0.811. The Balaban J connectivity index is 1.44. The number of aliphatic hydroxyl groups is 1. The summed E-state index contributed by atoms with van der Waals surface area (Å²) in [6, 6.07) is 14.0. The van der Waals surface area contributed by atoms with E-state index in [-0.39, 0.29) is 0 Å². The average molecular weight is 376 g/mol. The van der Waals surface area contributed by atoms with E-state index in [0.717, 1.165) is 37.0 Å². The van der Waals surface area contributed by atoms with E-state index in [2.05, 4.69) is 17.9 Å². The maximum absolute atomic E-state index is 10.3. The summed E-state index contributed by atoms with van der Waals surface area (Å²) in [6.07, 6.45) is -0.453. The van der Waals surface area contributed by atoms with Gasteiger partial charge in [-0.2, -0.15) is 0 Å². The fourth-order valence-electron chi connectivity index (χ4n) is 3.41. The van der Waals surface area contributed by atoms with Crippen LogP contribution in [0, 0.1) is 13.8 Å². The summed E-state index contributed by atoms with van der Waals surface area (Å²) >= 11 is 6.15. The minimum absolute atomic E-state index is 0.337. The van der Waals surface area contributed by atoms with Gasteiger partial charge in [0.2, 0.25) is 0 Å². The van der Waals surface area contributed by atoms with E-state index in [1.165, 1.54) is 21.7 Å². The predicted octanol–water partition coefficient (Wildman–Crippen LogP) is 2.10. The van der Waals surface area contributed by atoms with E-state index >= 15 is 0 Å². The molecule has 0 spiro atoms. The maximum Gasteiger partial charge on any atom is 0.137 e. The standard InChI is InChI=1S/C21H27ClN2O2/c1-16-3-7-20(8-4-16)26-15-19(25)14-23-9-11-24(12-10-23)21-13-18(22)6-5-17(21)2/h3-8,13,19,25H,9-12,14-15H2,1-2H3/p+1/t19-/m0/s1. The van der Waals surface area contributed by atoms with Crippen LogP contribution in [0.1, 0.15) is 11.1 Å². The van der Waals surface area contributed by atoms with Crippen molar-refractivity contribution in [3.63, 3.8) is 0 Å². The monoisotopic (exact) mass is 375 g/mol. The second-order valence-electron chi connectivity index (χ2n) is 7.15. The molecule has 1 aliphatic rings. The number of nitrogens with zero attached hydrogens (tertiary/aromatic N) is 1. The van der Waals surface area contributed by atoms with Crippen molar-refractivity contribution in [2.24, 2.45) is 0 Å². The SMILES string of the molecule is Cc1ccc(OC[C@@H](O)C[NH+]2CCN(c3cc(Cl)ccc3C)CC2)cc1. The van der Waals surface area contributed by atoms with Gasteiger partial charge in [-0.25, -0.2) is 0 Å². The van der Waals surface area contributed by atoms with Gasteiger partial charge < -0.3 is 19.6 Å². The number of hydrogen-bond acceptors (Lipinski definition) is 3. The molecular weight excluding hydrogens is 348 g/mol. The number of nitrogens with one attached hydrogen (secondary N) is 1. The summed E-state index contributed by atoms with van der Waals surface area (Å²) < 4.78 is 5.70. The zero-order valence-electron chi connectivity index (χ0n) is 15.5. The van der Waals surface area contributed by atoms with Gasteiger partial charge in [0.1, 0.15) is 25.0 Å². The van der Waals surface area contributed by atoms with Crippen LogP contribution in [0.5, 0.6) is 5.75 Å². The molecule has 1 saturated heterocycles. The highest BCUT2D eigenvalue weighted by molar-refractivity contribution is 6.30. The van der Waals surface area contributed by atoms with E-state index in [0.29, 0.717) is 13.2 Å². The van der Waals surface area contributed by atoms with Gasteiger partial charge in [0, 0.05) is 10.7 Å². The number of anilines is 1. The lowest BCUT2D eigenvalue weighted by Crippen LogP contribution is -3.16. The zero-order chi connectivity index (χ0) is 18.5. The van der Waals surface area contributed by atoms with E-state index in [4.69, 9.17) is 16.3 Å². The van der Waals surface area contributed by atoms with Crippen molar-refractivity contribution in [1.29, 1.82) is 0 Å². The van der Waals surface area contributed by atoms with Gasteiger partial charge in [-0.15, -0.1) is 0 Å². The molecule has 0 bridgehead atoms. The van der Waals surface area contributed by atoms with Gasteiger partial charge in [-0.05, 0) is 43.7 Å². The molecule has 26 heavy (non-hydrogen) atoms. The quantitative estimate of drug-likeness (QED) is 0.812. The van der Waals surface area contributed by atoms with Crippen LogP contribution in [0.25, 0.3) is 0 Å². The first-order valence-electron chi connectivity index (χ1n) is 9.23. The highest BCUT2D eigenvalue weighted by Gasteiger charge is 2.23. The van der Waals surface area contributed by atoms with Crippen molar-refractivity contribution in [2.75, 3.05) is 44.2 Å². The van der Waals surface area contributed by atoms with Crippen LogP contribution in [0.2, 0.25) is 5.02 Å². The molecule has 0 radical (unpaired) electrons. The molecular formula is C21H28ClN2O2+. The smallest absolute Gasteiger partial charge is 0.137 e. The first kappa shape index (κ1) is 19.0. The third-order valence-electron chi connectivity index (χ3n) is 4.97. The number of rotatable bonds is 6. The number of halogens is 1. The molecule has 0 aromatic heterocycles. The summed E-state index contributed by atoms with van der Waals surface area (Å²) in [5, 5.41) is 11.1. The van der Waals surface area contributed by atoms with Crippen molar-refractivity contribution < 1.29 is 14.7 Å². The fourth-order valence-corrected chi connectivity index (χ4v) is 3.58. The van der Waals surface area contributed by atoms with Crippen molar-refractivity contribution >= 4 is 17.3 Å². The first-order chi connectivity index (χ1) is 12.5. The number of benzene rings is 2. The molecule has 1 heterocycles. The largest absolute Gasteiger partial charge is 0.491 e. The van der Waals surface area contributed by atoms with Crippen LogP contribution in [0.4, 0.5) is 5.69 Å². The van der Waals surface area contributed by atoms with Crippen LogP contribution in [0.3, 0.4) is 0 Å². The zero-order valence-corrected chi connectivity index (χ0v) is 16.3. The number of quaternary nitrogens is 1. The summed E-state index contributed by atoms with van der Waals surface area (Å²) in [5.41, 5.74) is 3.68. The van der Waals surface area contributed by atoms with Crippen molar-refractivity contribution in [1.82, 2.24) is 0 Å². The summed E-state index contributed by atoms with van der Waals surface area (Å²) in [6.45, 7) is 9.19. The molecule has 1 fully saturated rings. The molecule has 1 atom stereocenters. The Hall–Kier alpha value is -1.75. The molecule has 2 aromatic rings. The fraction of sp³-hybridized carbons (Fsp3) is 0.429. The Bertz CT molecular complexity index is 712. The van der Waals surface area contributed by atoms with Crippen molar-refractivity contribution in [3.05, 3.63) is 58.6 Å². The second kappa shape index (κ2) is 8.76. The highest BCUT2D eigenvalue weighted by Crippen LogP contribution is 2.24. The Kier molecular flexibility index (Phi) is 6.41. The van der Waals surface area contributed by atoms with E-state index in [9.17, 15) is 5.11 Å². The third-order valence-corrected chi connectivity index (χ3v) is 5.21. The Morgan fingerprint density at radius 2 is 1.81 bits per heavy atom. The molecule has 5 heteroatoms. The van der Waals surface area contributed by atoms with Gasteiger partial charge in [-0.3, -0.25) is 0 Å².